The van der Waals surface area contributed by atoms with E-state index in [9.17, 15) is 4.79 Å². The second-order valence-corrected chi connectivity index (χ2v) is 3.85. The average molecular weight is 237 g/mol. The van der Waals surface area contributed by atoms with E-state index in [0.29, 0.717) is 17.1 Å². The van der Waals surface area contributed by atoms with Crippen LogP contribution in [0.4, 0.5) is 0 Å². The molecule has 0 bridgehead atoms. The topological polar surface area (TPSA) is 47.6 Å². The van der Waals surface area contributed by atoms with Crippen LogP contribution in [0.25, 0.3) is 0 Å². The first kappa shape index (κ1) is 13.4. The smallest absolute Gasteiger partial charge is 0.251 e. The fraction of sp³-hybridized carbons (Fsp3) is 0.462. The molecule has 1 rings (SSSR count). The van der Waals surface area contributed by atoms with Gasteiger partial charge >= 0.3 is 0 Å². The van der Waals surface area contributed by atoms with Crippen molar-refractivity contribution in [2.45, 2.75) is 26.3 Å². The number of rotatable bonds is 5. The Bertz CT molecular complexity index is 390. The van der Waals surface area contributed by atoms with Gasteiger partial charge in [-0.1, -0.05) is 6.92 Å². The third kappa shape index (κ3) is 3.37. The van der Waals surface area contributed by atoms with Crippen molar-refractivity contribution in [3.05, 3.63) is 23.8 Å². The highest BCUT2D eigenvalue weighted by Crippen LogP contribution is 2.27. The molecule has 0 spiro atoms. The van der Waals surface area contributed by atoms with Gasteiger partial charge in [-0.2, -0.15) is 0 Å². The van der Waals surface area contributed by atoms with Crippen molar-refractivity contribution in [3.63, 3.8) is 0 Å². The summed E-state index contributed by atoms with van der Waals surface area (Å²) >= 11 is 0. The third-order valence-electron chi connectivity index (χ3n) is 2.64. The normalized spacial score (nSPS) is 11.8. The zero-order valence-electron chi connectivity index (χ0n) is 10.7. The Labute approximate surface area is 102 Å². The summed E-state index contributed by atoms with van der Waals surface area (Å²) in [6.07, 6.45) is 0.902. The number of benzene rings is 1. The molecule has 1 atom stereocenters. The Morgan fingerprint density at radius 3 is 2.47 bits per heavy atom. The number of ether oxygens (including phenoxy) is 2. The summed E-state index contributed by atoms with van der Waals surface area (Å²) in [4.78, 5) is 11.9. The number of carbonyl (C=O) groups excluding carboxylic acids is 1. The molecule has 0 saturated heterocycles. The summed E-state index contributed by atoms with van der Waals surface area (Å²) in [5.41, 5.74) is 0.572. The zero-order valence-corrected chi connectivity index (χ0v) is 10.7. The van der Waals surface area contributed by atoms with E-state index >= 15 is 0 Å². The van der Waals surface area contributed by atoms with E-state index in [4.69, 9.17) is 9.47 Å². The van der Waals surface area contributed by atoms with Gasteiger partial charge in [0.15, 0.2) is 11.5 Å². The third-order valence-corrected chi connectivity index (χ3v) is 2.64. The molecule has 0 aliphatic rings. The largest absolute Gasteiger partial charge is 0.493 e. The minimum Gasteiger partial charge on any atom is -0.493 e. The van der Waals surface area contributed by atoms with Crippen LogP contribution in [0.1, 0.15) is 30.6 Å². The standard InChI is InChI=1S/C13H19NO3/c1-5-9(2)14-13(15)10-6-7-11(16-3)12(8-10)17-4/h6-9H,5H2,1-4H3,(H,14,15)/t9-/m0/s1. The van der Waals surface area contributed by atoms with E-state index < -0.39 is 0 Å². The summed E-state index contributed by atoms with van der Waals surface area (Å²) in [6, 6.07) is 5.29. The highest BCUT2D eigenvalue weighted by Gasteiger charge is 2.11. The lowest BCUT2D eigenvalue weighted by atomic mass is 10.1. The lowest BCUT2D eigenvalue weighted by molar-refractivity contribution is 0.0939. The summed E-state index contributed by atoms with van der Waals surface area (Å²) in [5, 5.41) is 2.90. The van der Waals surface area contributed by atoms with Crippen molar-refractivity contribution in [3.8, 4) is 11.5 Å². The van der Waals surface area contributed by atoms with Crippen molar-refractivity contribution < 1.29 is 14.3 Å². The predicted molar refractivity (Wildman–Crippen MR) is 66.8 cm³/mol. The van der Waals surface area contributed by atoms with E-state index in [1.54, 1.807) is 32.4 Å². The molecule has 94 valence electrons. The molecule has 1 amide bonds. The van der Waals surface area contributed by atoms with Gasteiger partial charge in [-0.05, 0) is 31.5 Å². The Balaban J connectivity index is 2.88. The molecule has 0 radical (unpaired) electrons. The maximum atomic E-state index is 11.9. The first-order valence-electron chi connectivity index (χ1n) is 5.65. The zero-order chi connectivity index (χ0) is 12.8. The Kier molecular flexibility index (Phi) is 4.82. The molecular formula is C13H19NO3. The van der Waals surface area contributed by atoms with Gasteiger partial charge in [0.1, 0.15) is 0 Å². The van der Waals surface area contributed by atoms with Crippen LogP contribution in [-0.2, 0) is 0 Å². The molecular weight excluding hydrogens is 218 g/mol. The van der Waals surface area contributed by atoms with Gasteiger partial charge in [0.25, 0.3) is 5.91 Å². The van der Waals surface area contributed by atoms with Gasteiger partial charge in [-0.15, -0.1) is 0 Å². The quantitative estimate of drug-likeness (QED) is 0.854. The van der Waals surface area contributed by atoms with Crippen LogP contribution in [0, 0.1) is 0 Å². The van der Waals surface area contributed by atoms with Crippen LogP contribution in [0.15, 0.2) is 18.2 Å². The van der Waals surface area contributed by atoms with Crippen LogP contribution >= 0.6 is 0 Å². The SMILES string of the molecule is CC[C@H](C)NC(=O)c1ccc(OC)c(OC)c1. The van der Waals surface area contributed by atoms with E-state index in [1.165, 1.54) is 0 Å². The molecule has 17 heavy (non-hydrogen) atoms. The molecule has 1 N–H and O–H groups in total. The van der Waals surface area contributed by atoms with Gasteiger partial charge in [-0.25, -0.2) is 0 Å². The first-order chi connectivity index (χ1) is 8.12. The van der Waals surface area contributed by atoms with E-state index in [2.05, 4.69) is 5.32 Å². The van der Waals surface area contributed by atoms with E-state index in [0.717, 1.165) is 6.42 Å². The van der Waals surface area contributed by atoms with Crippen molar-refractivity contribution >= 4 is 5.91 Å². The molecule has 0 aliphatic heterocycles. The minimum absolute atomic E-state index is 0.0969. The Morgan fingerprint density at radius 1 is 1.29 bits per heavy atom. The molecule has 4 nitrogen and oxygen atoms in total. The fourth-order valence-electron chi connectivity index (χ4n) is 1.39. The van der Waals surface area contributed by atoms with Gasteiger partial charge in [0.2, 0.25) is 0 Å². The number of amides is 1. The molecule has 4 heteroatoms. The van der Waals surface area contributed by atoms with Crippen LogP contribution in [0.5, 0.6) is 11.5 Å². The molecule has 0 unspecified atom stereocenters. The van der Waals surface area contributed by atoms with Crippen molar-refractivity contribution in [2.24, 2.45) is 0 Å². The maximum Gasteiger partial charge on any atom is 0.251 e. The molecule has 0 heterocycles. The highest BCUT2D eigenvalue weighted by molar-refractivity contribution is 5.95. The number of nitrogens with one attached hydrogen (secondary N) is 1. The number of methoxy groups -OCH3 is 2. The second kappa shape index (κ2) is 6.13. The van der Waals surface area contributed by atoms with Gasteiger partial charge < -0.3 is 14.8 Å². The first-order valence-corrected chi connectivity index (χ1v) is 5.65. The second-order valence-electron chi connectivity index (χ2n) is 3.85. The molecule has 1 aromatic rings. The van der Waals surface area contributed by atoms with Gasteiger partial charge in [0, 0.05) is 11.6 Å². The van der Waals surface area contributed by atoms with Crippen LogP contribution in [-0.4, -0.2) is 26.2 Å². The molecule has 1 aromatic carbocycles. The number of hydrogen-bond acceptors (Lipinski definition) is 3. The van der Waals surface area contributed by atoms with E-state index in [1.807, 2.05) is 13.8 Å². The summed E-state index contributed by atoms with van der Waals surface area (Å²) in [5.74, 6) is 1.08. The number of carbonyl (C=O) groups is 1. The highest BCUT2D eigenvalue weighted by atomic mass is 16.5. The fourth-order valence-corrected chi connectivity index (χ4v) is 1.39. The summed E-state index contributed by atoms with van der Waals surface area (Å²) < 4.78 is 10.3. The van der Waals surface area contributed by atoms with Crippen molar-refractivity contribution in [1.82, 2.24) is 5.32 Å². The van der Waals surface area contributed by atoms with Crippen LogP contribution in [0.2, 0.25) is 0 Å². The molecule has 0 fully saturated rings. The lowest BCUT2D eigenvalue weighted by Gasteiger charge is -2.13. The Morgan fingerprint density at radius 2 is 1.94 bits per heavy atom. The van der Waals surface area contributed by atoms with E-state index in [-0.39, 0.29) is 11.9 Å². The Hall–Kier alpha value is -1.71. The van der Waals surface area contributed by atoms with Crippen LogP contribution in [0.3, 0.4) is 0 Å². The summed E-state index contributed by atoms with van der Waals surface area (Å²) in [6.45, 7) is 4.00. The van der Waals surface area contributed by atoms with Gasteiger partial charge in [-0.3, -0.25) is 4.79 Å². The molecule has 0 aromatic heterocycles. The molecule has 0 saturated carbocycles. The predicted octanol–water partition coefficient (Wildman–Crippen LogP) is 2.23. The average Bonchev–Trinajstić information content (AvgIpc) is 2.37. The lowest BCUT2D eigenvalue weighted by Crippen LogP contribution is -2.31. The van der Waals surface area contributed by atoms with Crippen LogP contribution < -0.4 is 14.8 Å². The summed E-state index contributed by atoms with van der Waals surface area (Å²) in [7, 11) is 3.12. The van der Waals surface area contributed by atoms with Crippen molar-refractivity contribution in [1.29, 1.82) is 0 Å². The molecule has 0 aliphatic carbocycles. The van der Waals surface area contributed by atoms with Crippen molar-refractivity contribution in [2.75, 3.05) is 14.2 Å². The van der Waals surface area contributed by atoms with Gasteiger partial charge in [0.05, 0.1) is 14.2 Å². The maximum absolute atomic E-state index is 11.9. The number of hydrogen-bond donors (Lipinski definition) is 1. The minimum atomic E-state index is -0.0969. The monoisotopic (exact) mass is 237 g/mol.